The first kappa shape index (κ1) is 22.7. The molecule has 8 heteroatoms. The molecule has 0 saturated carbocycles. The number of benzene rings is 2. The van der Waals surface area contributed by atoms with Crippen molar-refractivity contribution >= 4 is 11.6 Å². The van der Waals surface area contributed by atoms with E-state index in [0.29, 0.717) is 23.2 Å². The third-order valence-corrected chi connectivity index (χ3v) is 5.43. The second kappa shape index (κ2) is 10.3. The van der Waals surface area contributed by atoms with E-state index in [1.165, 1.54) is 0 Å². The Morgan fingerprint density at radius 1 is 1.06 bits per heavy atom. The van der Waals surface area contributed by atoms with Gasteiger partial charge in [0, 0.05) is 18.5 Å². The number of aliphatic hydroxyl groups is 1. The first-order valence-corrected chi connectivity index (χ1v) is 10.4. The molecule has 7 nitrogen and oxygen atoms in total. The molecule has 0 saturated heterocycles. The number of tetrazole rings is 1. The summed E-state index contributed by atoms with van der Waals surface area (Å²) in [6.45, 7) is 2.63. The number of imidazole rings is 1. The Kier molecular flexibility index (Phi) is 7.55. The lowest BCUT2D eigenvalue weighted by Gasteiger charge is -2.12. The van der Waals surface area contributed by atoms with Crippen molar-refractivity contribution in [1.82, 2.24) is 30.2 Å². The third-order valence-electron chi connectivity index (χ3n) is 5.13. The van der Waals surface area contributed by atoms with Crippen molar-refractivity contribution in [2.24, 2.45) is 0 Å². The van der Waals surface area contributed by atoms with Crippen molar-refractivity contribution < 1.29 is 5.11 Å². The second-order valence-corrected chi connectivity index (χ2v) is 7.45. The zero-order chi connectivity index (χ0) is 20.9. The van der Waals surface area contributed by atoms with E-state index in [9.17, 15) is 5.11 Å². The van der Waals surface area contributed by atoms with Crippen LogP contribution in [0.15, 0.2) is 48.5 Å². The van der Waals surface area contributed by atoms with Crippen molar-refractivity contribution in [3.05, 3.63) is 70.8 Å². The van der Waals surface area contributed by atoms with E-state index in [4.69, 9.17) is 11.6 Å². The summed E-state index contributed by atoms with van der Waals surface area (Å²) in [5.74, 6) is 1.48. The summed E-state index contributed by atoms with van der Waals surface area (Å²) in [7, 11) is 0. The van der Waals surface area contributed by atoms with Gasteiger partial charge in [0.25, 0.3) is 0 Å². The van der Waals surface area contributed by atoms with Gasteiger partial charge in [-0.05, 0) is 28.3 Å². The number of hydrogen-bond acceptors (Lipinski definition) is 5. The van der Waals surface area contributed by atoms with Crippen LogP contribution >= 0.6 is 11.6 Å². The predicted octanol–water partition coefficient (Wildman–Crippen LogP) is 4.90. The molecule has 2 aromatic heterocycles. The lowest BCUT2D eigenvalue weighted by Crippen LogP contribution is -2.09. The van der Waals surface area contributed by atoms with Gasteiger partial charge in [-0.2, -0.15) is 5.21 Å². The minimum atomic E-state index is -0.131. The average Bonchev–Trinajstić information content (AvgIpc) is 3.41. The minimum absolute atomic E-state index is 0. The summed E-state index contributed by atoms with van der Waals surface area (Å²) in [5, 5.41) is 24.5. The van der Waals surface area contributed by atoms with Crippen LogP contribution < -0.4 is 0 Å². The van der Waals surface area contributed by atoms with E-state index in [2.05, 4.69) is 56.8 Å². The number of H-pyrrole nitrogens is 1. The number of aryl methyl sites for hydroxylation is 1. The second-order valence-electron chi connectivity index (χ2n) is 7.09. The van der Waals surface area contributed by atoms with E-state index in [1.54, 1.807) is 0 Å². The summed E-state index contributed by atoms with van der Waals surface area (Å²) < 4.78 is 2.03. The molecule has 2 heterocycles. The minimum Gasteiger partial charge on any atom is -0.390 e. The lowest BCUT2D eigenvalue weighted by atomic mass is 9.98. The van der Waals surface area contributed by atoms with Crippen LogP contribution in [-0.4, -0.2) is 35.3 Å². The molecular weight excluding hydrogens is 412 g/mol. The molecular formula is C23H27ClN6O. The molecule has 0 fully saturated rings. The molecule has 0 radical (unpaired) electrons. The van der Waals surface area contributed by atoms with Gasteiger partial charge in [0.2, 0.25) is 5.82 Å². The molecule has 0 aliphatic heterocycles. The molecule has 0 unspecified atom stereocenters. The Balaban J connectivity index is 0.00000272. The molecule has 31 heavy (non-hydrogen) atoms. The van der Waals surface area contributed by atoms with Gasteiger partial charge in [0.15, 0.2) is 5.15 Å². The molecule has 2 N–H and O–H groups in total. The first-order valence-electron chi connectivity index (χ1n) is 9.98. The summed E-state index contributed by atoms with van der Waals surface area (Å²) in [4.78, 5) is 4.47. The molecule has 0 spiro atoms. The Labute approximate surface area is 187 Å². The maximum absolute atomic E-state index is 9.77. The Morgan fingerprint density at radius 2 is 1.81 bits per heavy atom. The SMILES string of the molecule is C.CCCCc1nc(Cl)c(CO)n1Cc1ccc(-c2ccccc2-c2nn[nH]n2)cc1. The van der Waals surface area contributed by atoms with Gasteiger partial charge in [0.1, 0.15) is 5.82 Å². The van der Waals surface area contributed by atoms with Gasteiger partial charge >= 0.3 is 0 Å². The molecule has 162 valence electrons. The number of nitrogens with one attached hydrogen (secondary N) is 1. The number of hydrogen-bond donors (Lipinski definition) is 2. The highest BCUT2D eigenvalue weighted by Gasteiger charge is 2.16. The molecule has 0 amide bonds. The molecule has 0 atom stereocenters. The van der Waals surface area contributed by atoms with Crippen LogP contribution in [0, 0.1) is 0 Å². The van der Waals surface area contributed by atoms with Gasteiger partial charge < -0.3 is 9.67 Å². The van der Waals surface area contributed by atoms with Crippen LogP contribution in [-0.2, 0) is 19.6 Å². The van der Waals surface area contributed by atoms with Gasteiger partial charge in [-0.1, -0.05) is 80.9 Å². The normalized spacial score (nSPS) is 10.8. The van der Waals surface area contributed by atoms with Crippen molar-refractivity contribution in [1.29, 1.82) is 0 Å². The highest BCUT2D eigenvalue weighted by atomic mass is 35.5. The van der Waals surface area contributed by atoms with Crippen molar-refractivity contribution in [2.75, 3.05) is 0 Å². The van der Waals surface area contributed by atoms with Crippen LogP contribution in [0.2, 0.25) is 5.15 Å². The topological polar surface area (TPSA) is 92.5 Å². The highest BCUT2D eigenvalue weighted by molar-refractivity contribution is 6.30. The number of rotatable bonds is 8. The van der Waals surface area contributed by atoms with Crippen molar-refractivity contribution in [3.8, 4) is 22.5 Å². The fourth-order valence-corrected chi connectivity index (χ4v) is 3.81. The Morgan fingerprint density at radius 3 is 2.45 bits per heavy atom. The number of aromatic amines is 1. The first-order chi connectivity index (χ1) is 14.7. The highest BCUT2D eigenvalue weighted by Crippen LogP contribution is 2.30. The van der Waals surface area contributed by atoms with Crippen LogP contribution in [0.1, 0.15) is 44.3 Å². The number of aromatic nitrogens is 6. The van der Waals surface area contributed by atoms with E-state index in [0.717, 1.165) is 47.3 Å². The summed E-state index contributed by atoms with van der Waals surface area (Å²) in [6, 6.07) is 16.3. The molecule has 2 aromatic carbocycles. The molecule has 4 aromatic rings. The summed E-state index contributed by atoms with van der Waals surface area (Å²) >= 11 is 6.26. The monoisotopic (exact) mass is 438 g/mol. The Hall–Kier alpha value is -3.03. The fraction of sp³-hybridized carbons (Fsp3) is 0.304. The molecule has 0 aliphatic rings. The van der Waals surface area contributed by atoms with Crippen LogP contribution in [0.25, 0.3) is 22.5 Å². The van der Waals surface area contributed by atoms with Crippen LogP contribution in [0.5, 0.6) is 0 Å². The van der Waals surface area contributed by atoms with Crippen LogP contribution in [0.3, 0.4) is 0 Å². The summed E-state index contributed by atoms with van der Waals surface area (Å²) in [6.07, 6.45) is 2.95. The van der Waals surface area contributed by atoms with E-state index in [1.807, 2.05) is 28.8 Å². The third kappa shape index (κ3) is 4.84. The Bertz CT molecular complexity index is 1110. The quantitative estimate of drug-likeness (QED) is 0.408. The van der Waals surface area contributed by atoms with Gasteiger partial charge in [0.05, 0.1) is 12.3 Å². The number of nitrogens with zero attached hydrogens (tertiary/aromatic N) is 5. The lowest BCUT2D eigenvalue weighted by molar-refractivity contribution is 0.271. The fourth-order valence-electron chi connectivity index (χ4n) is 3.55. The predicted molar refractivity (Wildman–Crippen MR) is 123 cm³/mol. The largest absolute Gasteiger partial charge is 0.390 e. The van der Waals surface area contributed by atoms with Crippen molar-refractivity contribution in [3.63, 3.8) is 0 Å². The molecule has 4 rings (SSSR count). The zero-order valence-corrected chi connectivity index (χ0v) is 17.5. The maximum Gasteiger partial charge on any atom is 0.205 e. The summed E-state index contributed by atoms with van der Waals surface area (Å²) in [5.41, 5.74) is 4.80. The van der Waals surface area contributed by atoms with Crippen LogP contribution in [0.4, 0.5) is 0 Å². The van der Waals surface area contributed by atoms with E-state index in [-0.39, 0.29) is 14.0 Å². The van der Waals surface area contributed by atoms with E-state index < -0.39 is 0 Å². The molecule has 0 aliphatic carbocycles. The van der Waals surface area contributed by atoms with Gasteiger partial charge in [-0.25, -0.2) is 4.98 Å². The standard InChI is InChI=1S/C22H23ClN6O.CH4/c1-2-3-8-20-24-21(23)19(14-30)29(20)13-15-9-11-16(12-10-15)17-6-4-5-7-18(17)22-25-27-28-26-22;/h4-7,9-12,30H,2-3,8,13-14H2,1H3,(H,25,26,27,28);1H4. The van der Waals surface area contributed by atoms with E-state index >= 15 is 0 Å². The van der Waals surface area contributed by atoms with Crippen molar-refractivity contribution in [2.45, 2.75) is 46.8 Å². The zero-order valence-electron chi connectivity index (χ0n) is 16.7. The maximum atomic E-state index is 9.77. The average molecular weight is 439 g/mol. The number of halogens is 1. The number of unbranched alkanes of at least 4 members (excludes halogenated alkanes) is 1. The van der Waals surface area contributed by atoms with Gasteiger partial charge in [-0.15, -0.1) is 10.2 Å². The van der Waals surface area contributed by atoms with Gasteiger partial charge in [-0.3, -0.25) is 0 Å². The molecule has 0 bridgehead atoms. The smallest absolute Gasteiger partial charge is 0.205 e. The number of aliphatic hydroxyl groups excluding tert-OH is 1.